The topological polar surface area (TPSA) is 96.9 Å². The SMILES string of the molecule is CCOC(=O)NN=C(c1ccc(Cl)cc1)c1ccc(NS(C)(=O)=O)cc1. The number of benzene rings is 2. The van der Waals surface area contributed by atoms with Gasteiger partial charge in [0.1, 0.15) is 0 Å². The fourth-order valence-electron chi connectivity index (χ4n) is 2.08. The number of ether oxygens (including phenoxy) is 1. The zero-order chi connectivity index (χ0) is 19.2. The summed E-state index contributed by atoms with van der Waals surface area (Å²) < 4.78 is 29.8. The Morgan fingerprint density at radius 3 is 2.12 bits per heavy atom. The van der Waals surface area contributed by atoms with E-state index in [2.05, 4.69) is 15.2 Å². The number of sulfonamides is 1. The van der Waals surface area contributed by atoms with Gasteiger partial charge in [0.15, 0.2) is 0 Å². The van der Waals surface area contributed by atoms with Crippen LogP contribution in [0.3, 0.4) is 0 Å². The van der Waals surface area contributed by atoms with E-state index in [9.17, 15) is 13.2 Å². The van der Waals surface area contributed by atoms with Crippen molar-refractivity contribution < 1.29 is 17.9 Å². The molecule has 0 fully saturated rings. The molecule has 0 saturated heterocycles. The van der Waals surface area contributed by atoms with Crippen molar-refractivity contribution in [1.82, 2.24) is 5.43 Å². The van der Waals surface area contributed by atoms with Crippen LogP contribution in [-0.4, -0.2) is 33.1 Å². The van der Waals surface area contributed by atoms with E-state index in [1.54, 1.807) is 55.5 Å². The maximum Gasteiger partial charge on any atom is 0.427 e. The molecule has 0 saturated carbocycles. The highest BCUT2D eigenvalue weighted by Crippen LogP contribution is 2.17. The number of carbonyl (C=O) groups excluding carboxylic acids is 1. The first-order valence-electron chi connectivity index (χ1n) is 7.63. The fraction of sp³-hybridized carbons (Fsp3) is 0.176. The average molecular weight is 396 g/mol. The maximum absolute atomic E-state index is 11.5. The first kappa shape index (κ1) is 19.7. The molecule has 7 nitrogen and oxygen atoms in total. The molecule has 0 unspecified atom stereocenters. The first-order valence-corrected chi connectivity index (χ1v) is 9.90. The number of hydrogen-bond acceptors (Lipinski definition) is 5. The van der Waals surface area contributed by atoms with Crippen molar-refractivity contribution in [3.63, 3.8) is 0 Å². The minimum Gasteiger partial charge on any atom is -0.449 e. The molecular formula is C17H18ClN3O4S. The Hall–Kier alpha value is -2.58. The standard InChI is InChI=1S/C17H18ClN3O4S/c1-3-25-17(22)20-19-16(12-4-8-14(18)9-5-12)13-6-10-15(11-7-13)21-26(2,23)24/h4-11,21H,3H2,1-2H3,(H,20,22). The smallest absolute Gasteiger partial charge is 0.427 e. The van der Waals surface area contributed by atoms with E-state index in [1.807, 2.05) is 0 Å². The summed E-state index contributed by atoms with van der Waals surface area (Å²) in [7, 11) is -3.36. The number of halogens is 1. The highest BCUT2D eigenvalue weighted by Gasteiger charge is 2.10. The Morgan fingerprint density at radius 1 is 1.08 bits per heavy atom. The average Bonchev–Trinajstić information content (AvgIpc) is 2.57. The van der Waals surface area contributed by atoms with Crippen molar-refractivity contribution in [2.75, 3.05) is 17.6 Å². The predicted octanol–water partition coefficient (Wildman–Crippen LogP) is 3.21. The molecule has 0 atom stereocenters. The number of anilines is 1. The highest BCUT2D eigenvalue weighted by atomic mass is 35.5. The lowest BCUT2D eigenvalue weighted by molar-refractivity contribution is 0.152. The molecule has 0 bridgehead atoms. The Bertz CT molecular complexity index is 895. The van der Waals surface area contributed by atoms with Gasteiger partial charge in [-0.25, -0.2) is 18.6 Å². The van der Waals surface area contributed by atoms with E-state index in [4.69, 9.17) is 16.3 Å². The van der Waals surface area contributed by atoms with Gasteiger partial charge in [0.2, 0.25) is 10.0 Å². The molecule has 0 spiro atoms. The largest absolute Gasteiger partial charge is 0.449 e. The number of hydrazone groups is 1. The van der Waals surface area contributed by atoms with Gasteiger partial charge in [-0.3, -0.25) is 4.72 Å². The molecule has 0 aliphatic heterocycles. The van der Waals surface area contributed by atoms with Gasteiger partial charge < -0.3 is 4.74 Å². The molecule has 0 aliphatic rings. The van der Waals surface area contributed by atoms with Gasteiger partial charge in [-0.05, 0) is 31.2 Å². The van der Waals surface area contributed by atoms with Gasteiger partial charge in [0, 0.05) is 21.8 Å². The molecule has 0 heterocycles. The third kappa shape index (κ3) is 6.05. The summed E-state index contributed by atoms with van der Waals surface area (Å²) in [6.45, 7) is 1.92. The maximum atomic E-state index is 11.5. The van der Waals surface area contributed by atoms with E-state index < -0.39 is 16.1 Å². The van der Waals surface area contributed by atoms with Gasteiger partial charge in [-0.15, -0.1) is 0 Å². The Balaban J connectivity index is 2.35. The molecule has 2 aromatic rings. The second-order valence-corrected chi connectivity index (χ2v) is 7.44. The van der Waals surface area contributed by atoms with Gasteiger partial charge in [0.25, 0.3) is 0 Å². The molecule has 2 N–H and O–H groups in total. The van der Waals surface area contributed by atoms with Crippen LogP contribution in [0.5, 0.6) is 0 Å². The number of amides is 1. The summed E-state index contributed by atoms with van der Waals surface area (Å²) in [5, 5.41) is 4.70. The van der Waals surface area contributed by atoms with E-state index in [-0.39, 0.29) is 6.61 Å². The first-order chi connectivity index (χ1) is 12.3. The van der Waals surface area contributed by atoms with Crippen LogP contribution in [-0.2, 0) is 14.8 Å². The molecule has 2 rings (SSSR count). The van der Waals surface area contributed by atoms with Crippen molar-refractivity contribution in [3.8, 4) is 0 Å². The van der Waals surface area contributed by atoms with Crippen LogP contribution >= 0.6 is 11.6 Å². The van der Waals surface area contributed by atoms with Crippen molar-refractivity contribution >= 4 is 39.1 Å². The molecule has 0 aromatic heterocycles. The Morgan fingerprint density at radius 2 is 1.62 bits per heavy atom. The molecule has 1 amide bonds. The lowest BCUT2D eigenvalue weighted by Crippen LogP contribution is -2.21. The van der Waals surface area contributed by atoms with Gasteiger partial charge in [-0.2, -0.15) is 5.10 Å². The molecule has 9 heteroatoms. The second kappa shape index (κ2) is 8.68. The van der Waals surface area contributed by atoms with E-state index in [0.717, 1.165) is 11.8 Å². The number of rotatable bonds is 6. The van der Waals surface area contributed by atoms with Crippen molar-refractivity contribution in [2.45, 2.75) is 6.92 Å². The quantitative estimate of drug-likeness (QED) is 0.579. The second-order valence-electron chi connectivity index (χ2n) is 5.25. The highest BCUT2D eigenvalue weighted by molar-refractivity contribution is 7.92. The number of hydrogen-bond donors (Lipinski definition) is 2. The minimum atomic E-state index is -3.36. The molecule has 2 aromatic carbocycles. The van der Waals surface area contributed by atoms with Crippen LogP contribution in [0.1, 0.15) is 18.1 Å². The summed E-state index contributed by atoms with van der Waals surface area (Å²) in [6, 6.07) is 13.5. The van der Waals surface area contributed by atoms with Crippen molar-refractivity contribution in [2.24, 2.45) is 5.10 Å². The zero-order valence-electron chi connectivity index (χ0n) is 14.2. The number of nitrogens with zero attached hydrogens (tertiary/aromatic N) is 1. The normalized spacial score (nSPS) is 11.7. The molecular weight excluding hydrogens is 378 g/mol. The molecule has 0 aliphatic carbocycles. The zero-order valence-corrected chi connectivity index (χ0v) is 15.8. The lowest BCUT2D eigenvalue weighted by Gasteiger charge is -2.10. The van der Waals surface area contributed by atoms with Crippen molar-refractivity contribution in [3.05, 3.63) is 64.7 Å². The Kier molecular flexibility index (Phi) is 6.59. The van der Waals surface area contributed by atoms with E-state index in [1.165, 1.54) is 0 Å². The minimum absolute atomic E-state index is 0.226. The van der Waals surface area contributed by atoms with Crippen LogP contribution in [0.25, 0.3) is 0 Å². The summed E-state index contributed by atoms with van der Waals surface area (Å²) >= 11 is 5.92. The fourth-order valence-corrected chi connectivity index (χ4v) is 2.77. The lowest BCUT2D eigenvalue weighted by atomic mass is 10.0. The van der Waals surface area contributed by atoms with Crippen molar-refractivity contribution in [1.29, 1.82) is 0 Å². The van der Waals surface area contributed by atoms with Gasteiger partial charge in [-0.1, -0.05) is 35.9 Å². The molecule has 26 heavy (non-hydrogen) atoms. The number of nitrogens with one attached hydrogen (secondary N) is 2. The van der Waals surface area contributed by atoms with E-state index in [0.29, 0.717) is 22.0 Å². The van der Waals surface area contributed by atoms with Crippen LogP contribution < -0.4 is 10.1 Å². The summed E-state index contributed by atoms with van der Waals surface area (Å²) in [6.07, 6.45) is 0.402. The van der Waals surface area contributed by atoms with Crippen LogP contribution in [0, 0.1) is 0 Å². The van der Waals surface area contributed by atoms with Crippen LogP contribution in [0.15, 0.2) is 53.6 Å². The third-order valence-electron chi connectivity index (χ3n) is 3.11. The summed E-state index contributed by atoms with van der Waals surface area (Å²) in [5.41, 5.74) is 4.61. The molecule has 0 radical (unpaired) electrons. The van der Waals surface area contributed by atoms with Crippen LogP contribution in [0.4, 0.5) is 10.5 Å². The molecule has 138 valence electrons. The van der Waals surface area contributed by atoms with Gasteiger partial charge in [0.05, 0.1) is 18.6 Å². The third-order valence-corrected chi connectivity index (χ3v) is 3.97. The van der Waals surface area contributed by atoms with E-state index >= 15 is 0 Å². The van der Waals surface area contributed by atoms with Crippen LogP contribution in [0.2, 0.25) is 5.02 Å². The summed E-state index contributed by atoms with van der Waals surface area (Å²) in [5.74, 6) is 0. The monoisotopic (exact) mass is 395 g/mol. The predicted molar refractivity (Wildman–Crippen MR) is 102 cm³/mol. The Labute approximate surface area is 157 Å². The number of carbonyl (C=O) groups is 1. The van der Waals surface area contributed by atoms with Gasteiger partial charge >= 0.3 is 6.09 Å². The summed E-state index contributed by atoms with van der Waals surface area (Å²) in [4.78, 5) is 11.5.